The minimum atomic E-state index is -0.657. The molecule has 0 aliphatic heterocycles. The second-order valence-electron chi connectivity index (χ2n) is 6.28. The molecule has 0 amide bonds. The minimum Gasteiger partial charge on any atom is -0.615 e. The van der Waals surface area contributed by atoms with E-state index in [1.165, 1.54) is 5.30 Å². The predicted octanol–water partition coefficient (Wildman–Crippen LogP) is 1.19. The Hall–Kier alpha value is 0.167. The van der Waals surface area contributed by atoms with Gasteiger partial charge in [-0.3, -0.25) is 0 Å². The normalized spacial score (nSPS) is 13.9. The van der Waals surface area contributed by atoms with E-state index in [4.69, 9.17) is 5.09 Å². The zero-order valence-electron chi connectivity index (χ0n) is 12.8. The van der Waals surface area contributed by atoms with Gasteiger partial charge in [0.2, 0.25) is 0 Å². The molecule has 0 saturated heterocycles. The van der Waals surface area contributed by atoms with Crippen molar-refractivity contribution in [1.29, 1.82) is 0 Å². The third-order valence-corrected chi connectivity index (χ3v) is 4.31. The summed E-state index contributed by atoms with van der Waals surface area (Å²) < 4.78 is 0. The second kappa shape index (κ2) is 7.08. The third kappa shape index (κ3) is 7.57. The summed E-state index contributed by atoms with van der Waals surface area (Å²) in [4.78, 5) is 0. The van der Waals surface area contributed by atoms with Crippen LogP contribution in [0.25, 0.3) is 5.09 Å². The average molecular weight is 258 g/mol. The smallest absolute Gasteiger partial charge is 0.615 e. The molecule has 2 nitrogen and oxygen atoms in total. The zero-order valence-corrected chi connectivity index (χ0v) is 13.7. The van der Waals surface area contributed by atoms with Gasteiger partial charge in [0.05, 0.1) is 0 Å². The van der Waals surface area contributed by atoms with Crippen LogP contribution in [-0.4, -0.2) is 11.1 Å². The molecule has 0 aliphatic rings. The van der Waals surface area contributed by atoms with E-state index in [0.29, 0.717) is 0 Å². The van der Waals surface area contributed by atoms with E-state index in [9.17, 15) is 0 Å². The van der Waals surface area contributed by atoms with E-state index in [0.717, 1.165) is 0 Å². The van der Waals surface area contributed by atoms with Crippen LogP contribution in [0.1, 0.15) is 41.5 Å². The summed E-state index contributed by atoms with van der Waals surface area (Å²) in [6.07, 6.45) is 0. The summed E-state index contributed by atoms with van der Waals surface area (Å²) >= 11 is 0. The number of rotatable bonds is 3. The van der Waals surface area contributed by atoms with Crippen molar-refractivity contribution >= 4 is 13.5 Å². The molecule has 18 heavy (non-hydrogen) atoms. The van der Waals surface area contributed by atoms with Crippen LogP contribution in [0.15, 0.2) is 30.3 Å². The van der Waals surface area contributed by atoms with Gasteiger partial charge in [-0.2, -0.15) is 0 Å². The largest absolute Gasteiger partial charge is 1.00 e. The van der Waals surface area contributed by atoms with Crippen molar-refractivity contribution in [1.82, 2.24) is 5.09 Å². The molecule has 0 fully saturated rings. The van der Waals surface area contributed by atoms with Crippen molar-refractivity contribution in [2.45, 2.75) is 52.6 Å². The molecule has 0 aliphatic carbocycles. The quantitative estimate of drug-likeness (QED) is 0.639. The Labute approximate surface area is 125 Å². The van der Waals surface area contributed by atoms with Crippen LogP contribution in [0, 0.1) is 0 Å². The molecule has 96 valence electrons. The van der Waals surface area contributed by atoms with Gasteiger partial charge < -0.3 is 10.2 Å². The average Bonchev–Trinajstić information content (AvgIpc) is 2.14. The first-order chi connectivity index (χ1) is 7.67. The summed E-state index contributed by atoms with van der Waals surface area (Å²) in [6.45, 7) is 13.0. The predicted molar refractivity (Wildman–Crippen MR) is 79.0 cm³/mol. The minimum absolute atomic E-state index is 0. The number of hydrogen-bond acceptors (Lipinski definition) is 1. The molecule has 1 rings (SSSR count). The van der Waals surface area contributed by atoms with E-state index in [1.807, 2.05) is 6.07 Å². The molecule has 0 heterocycles. The second-order valence-corrected chi connectivity index (χ2v) is 7.84. The van der Waals surface area contributed by atoms with Gasteiger partial charge in [-0.05, 0) is 26.1 Å². The zero-order chi connectivity index (χ0) is 13.1. The maximum atomic E-state index is 4.92. The Morgan fingerprint density at radius 2 is 1.44 bits per heavy atom. The van der Waals surface area contributed by atoms with Gasteiger partial charge in [0.25, 0.3) is 0 Å². The molecule has 1 aromatic carbocycles. The summed E-state index contributed by atoms with van der Waals surface area (Å²) in [6, 6.07) is 10.5. The van der Waals surface area contributed by atoms with Gasteiger partial charge in [-0.15, -0.1) is 13.8 Å². The van der Waals surface area contributed by atoms with Crippen LogP contribution in [0.4, 0.5) is 0 Å². The third-order valence-electron chi connectivity index (χ3n) is 1.84. The van der Waals surface area contributed by atoms with Crippen LogP contribution in [0.2, 0.25) is 0 Å². The summed E-state index contributed by atoms with van der Waals surface area (Å²) in [5.74, 6) is 0. The summed E-state index contributed by atoms with van der Waals surface area (Å²) in [7, 11) is -0.657. The molecule has 1 atom stereocenters. The summed E-state index contributed by atoms with van der Waals surface area (Å²) in [5, 5.41) is 9.83. The van der Waals surface area contributed by atoms with Crippen molar-refractivity contribution in [2.24, 2.45) is 0 Å². The van der Waals surface area contributed by atoms with Gasteiger partial charge in [-0.1, -0.05) is 51.1 Å². The van der Waals surface area contributed by atoms with E-state index in [2.05, 4.69) is 70.9 Å². The number of benzene rings is 1. The molecule has 0 spiro atoms. The Kier molecular flexibility index (Phi) is 7.15. The molecular weight excluding hydrogens is 234 g/mol. The van der Waals surface area contributed by atoms with Crippen LogP contribution in [0.5, 0.6) is 0 Å². The van der Waals surface area contributed by atoms with Crippen LogP contribution in [0.3, 0.4) is 0 Å². The van der Waals surface area contributed by atoms with Crippen LogP contribution < -0.4 is 29.3 Å². The van der Waals surface area contributed by atoms with Crippen molar-refractivity contribution in [3.05, 3.63) is 35.4 Å². The number of nitrogens with one attached hydrogen (secondary N) is 1. The van der Waals surface area contributed by atoms with Crippen molar-refractivity contribution in [3.8, 4) is 0 Å². The SMILES string of the molecule is CC(C)(C)[N-]P(NC(C)(C)C)c1ccccc1.[Li+]. The number of hydrogen-bond donors (Lipinski definition) is 1. The molecule has 0 bridgehead atoms. The first-order valence-electron chi connectivity index (χ1n) is 6.03. The van der Waals surface area contributed by atoms with Crippen molar-refractivity contribution in [2.75, 3.05) is 0 Å². The standard InChI is InChI=1S/C14H24N2P.Li/c1-13(2,3)15-17(16-14(4,5)6)12-10-8-7-9-11-12;/h7-11,15H,1-6H3;/q-1;+1. The molecule has 0 aromatic heterocycles. The van der Waals surface area contributed by atoms with Gasteiger partial charge in [-0.25, -0.2) is 0 Å². The Morgan fingerprint density at radius 1 is 0.944 bits per heavy atom. The van der Waals surface area contributed by atoms with Gasteiger partial charge in [0.1, 0.15) is 0 Å². The first kappa shape index (κ1) is 18.2. The van der Waals surface area contributed by atoms with Crippen molar-refractivity contribution < 1.29 is 18.9 Å². The molecule has 1 unspecified atom stereocenters. The monoisotopic (exact) mass is 258 g/mol. The van der Waals surface area contributed by atoms with Crippen molar-refractivity contribution in [3.63, 3.8) is 0 Å². The Morgan fingerprint density at radius 3 is 1.83 bits per heavy atom. The summed E-state index contributed by atoms with van der Waals surface area (Å²) in [5.41, 5.74) is 0.0656. The Balaban J connectivity index is 0.00000289. The fourth-order valence-corrected chi connectivity index (χ4v) is 3.32. The first-order valence-corrected chi connectivity index (χ1v) is 7.33. The molecule has 0 saturated carbocycles. The molecular formula is C14H24LiN2P. The van der Waals surface area contributed by atoms with E-state index >= 15 is 0 Å². The maximum absolute atomic E-state index is 4.92. The topological polar surface area (TPSA) is 26.1 Å². The van der Waals surface area contributed by atoms with Gasteiger partial charge in [0, 0.05) is 5.54 Å². The van der Waals surface area contributed by atoms with Gasteiger partial charge in [0.15, 0.2) is 0 Å². The van der Waals surface area contributed by atoms with Crippen LogP contribution in [-0.2, 0) is 0 Å². The van der Waals surface area contributed by atoms with E-state index in [-0.39, 0.29) is 29.9 Å². The van der Waals surface area contributed by atoms with Crippen LogP contribution >= 0.6 is 8.22 Å². The van der Waals surface area contributed by atoms with E-state index in [1.54, 1.807) is 0 Å². The molecule has 1 aromatic rings. The van der Waals surface area contributed by atoms with Gasteiger partial charge >= 0.3 is 18.9 Å². The fourth-order valence-electron chi connectivity index (χ4n) is 1.33. The number of nitrogens with zero attached hydrogens (tertiary/aromatic N) is 1. The Bertz CT molecular complexity index is 325. The fraction of sp³-hybridized carbons (Fsp3) is 0.571. The molecule has 0 radical (unpaired) electrons. The van der Waals surface area contributed by atoms with E-state index < -0.39 is 8.22 Å². The molecule has 1 N–H and O–H groups in total. The molecule has 4 heteroatoms. The maximum Gasteiger partial charge on any atom is 1.00 e.